The highest BCUT2D eigenvalue weighted by Crippen LogP contribution is 2.34. The second-order valence-corrected chi connectivity index (χ2v) is 6.01. The summed E-state index contributed by atoms with van der Waals surface area (Å²) in [5.41, 5.74) is 1.77. The molecule has 3 atom stereocenters. The van der Waals surface area contributed by atoms with E-state index in [1.807, 2.05) is 24.3 Å². The van der Waals surface area contributed by atoms with Crippen molar-refractivity contribution < 1.29 is 4.39 Å². The van der Waals surface area contributed by atoms with Gasteiger partial charge in [-0.15, -0.1) is 0 Å². The number of hydrogen-bond acceptors (Lipinski definition) is 2. The molecule has 1 aromatic rings. The Kier molecular flexibility index (Phi) is 3.74. The minimum atomic E-state index is -0.386. The fourth-order valence-corrected chi connectivity index (χ4v) is 3.73. The van der Waals surface area contributed by atoms with E-state index >= 15 is 0 Å². The normalized spacial score (nSPS) is 31.2. The molecule has 0 amide bonds. The Morgan fingerprint density at radius 3 is 2.58 bits per heavy atom. The van der Waals surface area contributed by atoms with Gasteiger partial charge in [-0.2, -0.15) is 0 Å². The molecule has 3 heteroatoms. The van der Waals surface area contributed by atoms with E-state index in [0.29, 0.717) is 18.1 Å². The van der Waals surface area contributed by atoms with Crippen LogP contribution in [-0.2, 0) is 6.67 Å². The predicted molar refractivity (Wildman–Crippen MR) is 77.1 cm³/mol. The van der Waals surface area contributed by atoms with Gasteiger partial charge in [0.05, 0.1) is 0 Å². The molecule has 2 heterocycles. The Balaban J connectivity index is 1.70. The first-order valence-electron chi connectivity index (χ1n) is 7.40. The molecule has 104 valence electrons. The Labute approximate surface area is 115 Å². The number of benzene rings is 1. The van der Waals surface area contributed by atoms with Crippen molar-refractivity contribution in [1.29, 1.82) is 0 Å². The summed E-state index contributed by atoms with van der Waals surface area (Å²) < 4.78 is 13.0. The zero-order valence-corrected chi connectivity index (χ0v) is 11.6. The summed E-state index contributed by atoms with van der Waals surface area (Å²) in [6.07, 6.45) is 6.38. The van der Waals surface area contributed by atoms with Gasteiger partial charge in [0.2, 0.25) is 0 Å². The van der Waals surface area contributed by atoms with Gasteiger partial charge in [0.1, 0.15) is 6.67 Å². The van der Waals surface area contributed by atoms with Crippen molar-refractivity contribution >= 4 is 5.69 Å². The molecule has 0 radical (unpaired) electrons. The van der Waals surface area contributed by atoms with Crippen LogP contribution in [0.1, 0.15) is 37.7 Å². The zero-order chi connectivity index (χ0) is 13.2. The van der Waals surface area contributed by atoms with Gasteiger partial charge >= 0.3 is 0 Å². The number of halogens is 1. The lowest BCUT2D eigenvalue weighted by Crippen LogP contribution is -2.52. The van der Waals surface area contributed by atoms with E-state index in [1.165, 1.54) is 32.1 Å². The van der Waals surface area contributed by atoms with E-state index in [4.69, 9.17) is 0 Å². The molecule has 2 fully saturated rings. The van der Waals surface area contributed by atoms with Gasteiger partial charge < -0.3 is 10.2 Å². The largest absolute Gasteiger partial charge is 0.382 e. The van der Waals surface area contributed by atoms with Gasteiger partial charge in [-0.25, -0.2) is 4.39 Å². The smallest absolute Gasteiger partial charge is 0.116 e. The molecule has 2 bridgehead atoms. The number of fused-ring (bicyclic) bond motifs is 2. The number of nitrogens with one attached hydrogen (secondary N) is 1. The lowest BCUT2D eigenvalue weighted by molar-refractivity contribution is 0.0608. The Bertz CT molecular complexity index is 421. The molecule has 1 aromatic carbocycles. The zero-order valence-electron chi connectivity index (χ0n) is 11.6. The third kappa shape index (κ3) is 2.62. The summed E-state index contributed by atoms with van der Waals surface area (Å²) in [5.74, 6) is 0. The minimum absolute atomic E-state index is 0.386. The van der Waals surface area contributed by atoms with Gasteiger partial charge in [0, 0.05) is 29.4 Å². The van der Waals surface area contributed by atoms with Gasteiger partial charge in [-0.05, 0) is 38.8 Å². The van der Waals surface area contributed by atoms with Crippen molar-refractivity contribution in [2.24, 2.45) is 0 Å². The molecule has 19 heavy (non-hydrogen) atoms. The molecule has 1 N–H and O–H groups in total. The van der Waals surface area contributed by atoms with Crippen LogP contribution in [0.4, 0.5) is 10.1 Å². The van der Waals surface area contributed by atoms with Crippen molar-refractivity contribution in [1.82, 2.24) is 4.90 Å². The highest BCUT2D eigenvalue weighted by molar-refractivity contribution is 5.51. The lowest BCUT2D eigenvalue weighted by Gasteiger charge is -2.47. The summed E-state index contributed by atoms with van der Waals surface area (Å²) in [5, 5.41) is 3.58. The average molecular weight is 262 g/mol. The van der Waals surface area contributed by atoms with Gasteiger partial charge in [0.15, 0.2) is 0 Å². The number of rotatable bonds is 3. The molecule has 0 aliphatic carbocycles. The summed E-state index contributed by atoms with van der Waals surface area (Å²) >= 11 is 0. The molecule has 0 spiro atoms. The highest BCUT2D eigenvalue weighted by atomic mass is 19.1. The minimum Gasteiger partial charge on any atom is -0.382 e. The van der Waals surface area contributed by atoms with Crippen molar-refractivity contribution in [3.05, 3.63) is 29.8 Å². The van der Waals surface area contributed by atoms with Gasteiger partial charge in [0.25, 0.3) is 0 Å². The summed E-state index contributed by atoms with van der Waals surface area (Å²) in [6.45, 7) is -0.386. The number of nitrogens with zero attached hydrogens (tertiary/aromatic N) is 1. The lowest BCUT2D eigenvalue weighted by atomic mass is 9.82. The van der Waals surface area contributed by atoms with Crippen LogP contribution in [0.15, 0.2) is 24.3 Å². The molecule has 3 rings (SSSR count). The molecule has 2 saturated heterocycles. The van der Waals surface area contributed by atoms with Crippen LogP contribution >= 0.6 is 0 Å². The number of anilines is 1. The quantitative estimate of drug-likeness (QED) is 0.895. The van der Waals surface area contributed by atoms with Crippen molar-refractivity contribution in [2.75, 3.05) is 12.4 Å². The van der Waals surface area contributed by atoms with Crippen LogP contribution < -0.4 is 5.32 Å². The maximum absolute atomic E-state index is 13.0. The van der Waals surface area contributed by atoms with E-state index < -0.39 is 0 Å². The third-order valence-electron chi connectivity index (χ3n) is 4.86. The highest BCUT2D eigenvalue weighted by Gasteiger charge is 2.35. The molecule has 2 aliphatic rings. The van der Waals surface area contributed by atoms with E-state index in [2.05, 4.69) is 17.3 Å². The van der Waals surface area contributed by atoms with E-state index in [9.17, 15) is 4.39 Å². The van der Waals surface area contributed by atoms with Crippen LogP contribution in [0.2, 0.25) is 0 Å². The van der Waals surface area contributed by atoms with E-state index in [1.54, 1.807) is 0 Å². The molecular weight excluding hydrogens is 239 g/mol. The summed E-state index contributed by atoms with van der Waals surface area (Å²) in [6, 6.07) is 9.69. The predicted octanol–water partition coefficient (Wildman–Crippen LogP) is 3.58. The SMILES string of the molecule is CN1C2CCC[C@@H]1CC(Nc1ccccc1CF)C2. The Morgan fingerprint density at radius 2 is 1.89 bits per heavy atom. The third-order valence-corrected chi connectivity index (χ3v) is 4.86. The fourth-order valence-electron chi connectivity index (χ4n) is 3.73. The second-order valence-electron chi connectivity index (χ2n) is 6.01. The maximum Gasteiger partial charge on any atom is 0.116 e. The average Bonchev–Trinajstić information content (AvgIpc) is 2.40. The first-order chi connectivity index (χ1) is 9.28. The molecule has 0 saturated carbocycles. The number of alkyl halides is 1. The van der Waals surface area contributed by atoms with Crippen LogP contribution in [0, 0.1) is 0 Å². The number of hydrogen-bond donors (Lipinski definition) is 1. The maximum atomic E-state index is 13.0. The van der Waals surface area contributed by atoms with Crippen LogP contribution in [-0.4, -0.2) is 30.1 Å². The molecule has 2 aliphatic heterocycles. The molecule has 2 nitrogen and oxygen atoms in total. The van der Waals surface area contributed by atoms with Gasteiger partial charge in [-0.3, -0.25) is 0 Å². The van der Waals surface area contributed by atoms with Crippen molar-refractivity contribution in [2.45, 2.75) is 56.9 Å². The molecule has 0 aromatic heterocycles. The number of para-hydroxylation sites is 1. The van der Waals surface area contributed by atoms with Gasteiger partial charge in [-0.1, -0.05) is 24.6 Å². The Hall–Kier alpha value is -1.09. The first kappa shape index (κ1) is 12.9. The van der Waals surface area contributed by atoms with Crippen LogP contribution in [0.5, 0.6) is 0 Å². The summed E-state index contributed by atoms with van der Waals surface area (Å²) in [7, 11) is 2.26. The van der Waals surface area contributed by atoms with Crippen molar-refractivity contribution in [3.63, 3.8) is 0 Å². The van der Waals surface area contributed by atoms with Crippen LogP contribution in [0.3, 0.4) is 0 Å². The monoisotopic (exact) mass is 262 g/mol. The van der Waals surface area contributed by atoms with E-state index in [-0.39, 0.29) is 6.67 Å². The molecular formula is C16H23FN2. The standard InChI is InChI=1S/C16H23FN2/c1-19-14-6-4-7-15(19)10-13(9-14)18-16-8-3-2-5-12(16)11-17/h2-3,5,8,13-15,18H,4,6-7,9-11H2,1H3/t13?,14-,15?/m1/s1. The fraction of sp³-hybridized carbons (Fsp3) is 0.625. The van der Waals surface area contributed by atoms with Crippen molar-refractivity contribution in [3.8, 4) is 0 Å². The Morgan fingerprint density at radius 1 is 1.21 bits per heavy atom. The first-order valence-corrected chi connectivity index (χ1v) is 7.40. The second kappa shape index (κ2) is 5.49. The summed E-state index contributed by atoms with van der Waals surface area (Å²) in [4.78, 5) is 2.56. The van der Waals surface area contributed by atoms with Crippen LogP contribution in [0.25, 0.3) is 0 Å². The number of piperidine rings is 2. The van der Waals surface area contributed by atoms with E-state index in [0.717, 1.165) is 11.3 Å². The molecule has 2 unspecified atom stereocenters. The topological polar surface area (TPSA) is 15.3 Å².